The molecular formula is C14H27IN4. The minimum absolute atomic E-state index is 0. The molecule has 1 saturated heterocycles. The number of nitrogens with one attached hydrogen (secondary N) is 2. The number of guanidine groups is 1. The summed E-state index contributed by atoms with van der Waals surface area (Å²) in [4.78, 5) is 6.86. The van der Waals surface area contributed by atoms with Crippen LogP contribution in [0.15, 0.2) is 17.1 Å². The zero-order valence-electron chi connectivity index (χ0n) is 12.1. The fraction of sp³-hybridized carbons (Fsp3) is 0.786. The Labute approximate surface area is 134 Å². The molecule has 2 rings (SSSR count). The van der Waals surface area contributed by atoms with E-state index in [2.05, 4.69) is 39.6 Å². The molecule has 0 radical (unpaired) electrons. The molecule has 1 heterocycles. The van der Waals surface area contributed by atoms with Crippen LogP contribution in [0.25, 0.3) is 0 Å². The summed E-state index contributed by atoms with van der Waals surface area (Å²) in [5, 5.41) is 6.95. The number of likely N-dealkylation sites (tertiary alicyclic amines) is 1. The van der Waals surface area contributed by atoms with Gasteiger partial charge in [0.15, 0.2) is 5.96 Å². The van der Waals surface area contributed by atoms with Crippen molar-refractivity contribution < 1.29 is 0 Å². The first-order valence-corrected chi connectivity index (χ1v) is 7.19. The van der Waals surface area contributed by atoms with Crippen LogP contribution in [0.5, 0.6) is 0 Å². The number of rotatable bonds is 4. The lowest BCUT2D eigenvalue weighted by Gasteiger charge is -2.24. The maximum atomic E-state index is 4.31. The van der Waals surface area contributed by atoms with E-state index in [0.717, 1.165) is 31.9 Å². The molecule has 0 aromatic rings. The Hall–Kier alpha value is -0.300. The molecule has 1 unspecified atom stereocenters. The zero-order chi connectivity index (χ0) is 12.8. The Bertz CT molecular complexity index is 309. The lowest BCUT2D eigenvalue weighted by molar-refractivity contribution is 0.267. The van der Waals surface area contributed by atoms with Gasteiger partial charge in [-0.1, -0.05) is 19.1 Å². The van der Waals surface area contributed by atoms with Crippen LogP contribution < -0.4 is 10.6 Å². The van der Waals surface area contributed by atoms with Gasteiger partial charge in [-0.15, -0.1) is 24.0 Å². The predicted octanol–water partition coefficient (Wildman–Crippen LogP) is 1.97. The van der Waals surface area contributed by atoms with Crippen LogP contribution in [0.1, 0.15) is 32.6 Å². The van der Waals surface area contributed by atoms with E-state index >= 15 is 0 Å². The second kappa shape index (κ2) is 8.79. The smallest absolute Gasteiger partial charge is 0.191 e. The van der Waals surface area contributed by atoms with E-state index in [9.17, 15) is 0 Å². The van der Waals surface area contributed by atoms with Crippen LogP contribution >= 0.6 is 24.0 Å². The SMILES string of the molecule is CCN1CCCC1CNC(=NC)NC1CC=CC1.I. The van der Waals surface area contributed by atoms with Gasteiger partial charge in [-0.05, 0) is 38.8 Å². The fourth-order valence-electron chi connectivity index (χ4n) is 2.88. The second-order valence-electron chi connectivity index (χ2n) is 5.16. The number of halogens is 1. The topological polar surface area (TPSA) is 39.7 Å². The summed E-state index contributed by atoms with van der Waals surface area (Å²) in [7, 11) is 1.85. The van der Waals surface area contributed by atoms with Crippen molar-refractivity contribution in [3.8, 4) is 0 Å². The van der Waals surface area contributed by atoms with Gasteiger partial charge in [0, 0.05) is 25.7 Å². The Kier molecular flexibility index (Phi) is 7.75. The maximum absolute atomic E-state index is 4.31. The largest absolute Gasteiger partial charge is 0.355 e. The highest BCUT2D eigenvalue weighted by molar-refractivity contribution is 14.0. The van der Waals surface area contributed by atoms with Gasteiger partial charge in [0.25, 0.3) is 0 Å². The van der Waals surface area contributed by atoms with Gasteiger partial charge in [0.2, 0.25) is 0 Å². The third-order valence-corrected chi connectivity index (χ3v) is 3.98. The monoisotopic (exact) mass is 378 g/mol. The third-order valence-electron chi connectivity index (χ3n) is 3.98. The molecule has 2 N–H and O–H groups in total. The van der Waals surface area contributed by atoms with Crippen molar-refractivity contribution in [3.63, 3.8) is 0 Å². The molecule has 1 atom stereocenters. The first-order valence-electron chi connectivity index (χ1n) is 7.19. The summed E-state index contributed by atoms with van der Waals surface area (Å²) in [6, 6.07) is 1.21. The number of hydrogen-bond acceptors (Lipinski definition) is 2. The summed E-state index contributed by atoms with van der Waals surface area (Å²) >= 11 is 0. The quantitative estimate of drug-likeness (QED) is 0.340. The van der Waals surface area contributed by atoms with Crippen LogP contribution in [0.2, 0.25) is 0 Å². The zero-order valence-corrected chi connectivity index (χ0v) is 14.4. The predicted molar refractivity (Wildman–Crippen MR) is 92.3 cm³/mol. The van der Waals surface area contributed by atoms with Crippen molar-refractivity contribution in [1.82, 2.24) is 15.5 Å². The molecule has 0 aromatic carbocycles. The van der Waals surface area contributed by atoms with Gasteiger partial charge in [-0.2, -0.15) is 0 Å². The maximum Gasteiger partial charge on any atom is 0.191 e. The molecule has 0 bridgehead atoms. The number of nitrogens with zero attached hydrogens (tertiary/aromatic N) is 2. The van der Waals surface area contributed by atoms with Crippen molar-refractivity contribution in [3.05, 3.63) is 12.2 Å². The van der Waals surface area contributed by atoms with Gasteiger partial charge in [-0.3, -0.25) is 9.89 Å². The van der Waals surface area contributed by atoms with E-state index in [1.165, 1.54) is 19.4 Å². The van der Waals surface area contributed by atoms with Gasteiger partial charge in [0.05, 0.1) is 0 Å². The normalized spacial score (nSPS) is 24.5. The van der Waals surface area contributed by atoms with Crippen LogP contribution in [0.4, 0.5) is 0 Å². The van der Waals surface area contributed by atoms with E-state index in [0.29, 0.717) is 12.1 Å². The van der Waals surface area contributed by atoms with E-state index in [1.54, 1.807) is 0 Å². The minimum Gasteiger partial charge on any atom is -0.355 e. The average molecular weight is 378 g/mol. The molecule has 5 heteroatoms. The van der Waals surface area contributed by atoms with Gasteiger partial charge < -0.3 is 10.6 Å². The molecule has 2 aliphatic rings. The first kappa shape index (κ1) is 16.8. The third kappa shape index (κ3) is 4.95. The Morgan fingerprint density at radius 1 is 1.37 bits per heavy atom. The highest BCUT2D eigenvalue weighted by atomic mass is 127. The average Bonchev–Trinajstić information content (AvgIpc) is 3.05. The van der Waals surface area contributed by atoms with Crippen molar-refractivity contribution in [2.75, 3.05) is 26.7 Å². The Morgan fingerprint density at radius 3 is 2.74 bits per heavy atom. The molecule has 0 spiro atoms. The standard InChI is InChI=1S/C14H26N4.HI/c1-3-18-10-6-9-13(18)11-16-14(15-2)17-12-7-4-5-8-12;/h4-5,12-13H,3,6-11H2,1-2H3,(H2,15,16,17);1H. The molecule has 19 heavy (non-hydrogen) atoms. The molecule has 1 fully saturated rings. The van der Waals surface area contributed by atoms with E-state index in [-0.39, 0.29) is 24.0 Å². The van der Waals surface area contributed by atoms with Crippen molar-refractivity contribution in [2.24, 2.45) is 4.99 Å². The lowest BCUT2D eigenvalue weighted by Crippen LogP contribution is -2.47. The summed E-state index contributed by atoms with van der Waals surface area (Å²) in [5.74, 6) is 0.951. The van der Waals surface area contributed by atoms with Gasteiger partial charge >= 0.3 is 0 Å². The Balaban J connectivity index is 0.00000180. The van der Waals surface area contributed by atoms with E-state index in [1.807, 2.05) is 7.05 Å². The summed E-state index contributed by atoms with van der Waals surface area (Å²) < 4.78 is 0. The van der Waals surface area contributed by atoms with Crippen LogP contribution in [-0.4, -0.2) is 49.6 Å². The van der Waals surface area contributed by atoms with Crippen molar-refractivity contribution >= 4 is 29.9 Å². The number of likely N-dealkylation sites (N-methyl/N-ethyl adjacent to an activating group) is 1. The molecule has 0 aromatic heterocycles. The van der Waals surface area contributed by atoms with Gasteiger partial charge in [-0.25, -0.2) is 0 Å². The van der Waals surface area contributed by atoms with Gasteiger partial charge in [0.1, 0.15) is 0 Å². The highest BCUT2D eigenvalue weighted by Gasteiger charge is 2.23. The second-order valence-corrected chi connectivity index (χ2v) is 5.16. The minimum atomic E-state index is 0. The summed E-state index contributed by atoms with van der Waals surface area (Å²) in [6.45, 7) is 5.66. The molecule has 110 valence electrons. The number of hydrogen-bond donors (Lipinski definition) is 2. The van der Waals surface area contributed by atoms with Crippen LogP contribution in [0.3, 0.4) is 0 Å². The molecule has 0 amide bonds. The molecule has 1 aliphatic heterocycles. The fourth-order valence-corrected chi connectivity index (χ4v) is 2.88. The molecular weight excluding hydrogens is 351 g/mol. The summed E-state index contributed by atoms with van der Waals surface area (Å²) in [6.07, 6.45) is 9.35. The molecule has 1 aliphatic carbocycles. The highest BCUT2D eigenvalue weighted by Crippen LogP contribution is 2.15. The van der Waals surface area contributed by atoms with Crippen LogP contribution in [0, 0.1) is 0 Å². The number of aliphatic imine (C=N–C) groups is 1. The molecule has 4 nitrogen and oxygen atoms in total. The summed E-state index contributed by atoms with van der Waals surface area (Å²) in [5.41, 5.74) is 0. The van der Waals surface area contributed by atoms with E-state index in [4.69, 9.17) is 0 Å². The van der Waals surface area contributed by atoms with E-state index < -0.39 is 0 Å². The first-order chi connectivity index (χ1) is 8.83. The van der Waals surface area contributed by atoms with Crippen molar-refractivity contribution in [1.29, 1.82) is 0 Å². The van der Waals surface area contributed by atoms with Crippen molar-refractivity contribution in [2.45, 2.75) is 44.7 Å². The lowest BCUT2D eigenvalue weighted by atomic mass is 10.2. The Morgan fingerprint density at radius 2 is 2.11 bits per heavy atom. The molecule has 0 saturated carbocycles. The van der Waals surface area contributed by atoms with Crippen LogP contribution in [-0.2, 0) is 0 Å².